The molecule has 1 fully saturated rings. The highest BCUT2D eigenvalue weighted by Gasteiger charge is 2.45. The van der Waals surface area contributed by atoms with E-state index >= 15 is 0 Å². The number of hydrogen-bond donors (Lipinski definition) is 3. The molecule has 0 saturated heterocycles. The number of likely N-dealkylation sites (N-methyl/N-ethyl adjacent to an activating group) is 1. The highest BCUT2D eigenvalue weighted by atomic mass is 31.2. The Morgan fingerprint density at radius 1 is 1.22 bits per heavy atom. The van der Waals surface area contributed by atoms with Gasteiger partial charge in [-0.3, -0.25) is 9.57 Å². The van der Waals surface area contributed by atoms with Crippen molar-refractivity contribution in [3.63, 3.8) is 0 Å². The summed E-state index contributed by atoms with van der Waals surface area (Å²) in [5.41, 5.74) is 0. The zero-order chi connectivity index (χ0) is 13.5. The Morgan fingerprint density at radius 2 is 1.78 bits per heavy atom. The maximum Gasteiger partial charge on any atom is 0.359 e. The van der Waals surface area contributed by atoms with Crippen molar-refractivity contribution < 1.29 is 19.5 Å². The van der Waals surface area contributed by atoms with E-state index in [0.717, 1.165) is 25.7 Å². The quantitative estimate of drug-likeness (QED) is 0.667. The molecule has 6 nitrogen and oxygen atoms in total. The molecule has 1 atom stereocenters. The molecule has 7 heteroatoms. The second-order valence-corrected chi connectivity index (χ2v) is 6.71. The van der Waals surface area contributed by atoms with Crippen LogP contribution in [0, 0.1) is 0 Å². The number of hydrogen-bond acceptors (Lipinski definition) is 4. The van der Waals surface area contributed by atoms with E-state index in [4.69, 9.17) is 0 Å². The number of aliphatic hydroxyl groups excluding tert-OH is 1. The molecule has 0 spiro atoms. The fraction of sp³-hybridized carbons (Fsp3) is 0.818. The third-order valence-corrected chi connectivity index (χ3v) is 5.18. The Labute approximate surface area is 107 Å². The van der Waals surface area contributed by atoms with E-state index in [0.29, 0.717) is 0 Å². The molecule has 0 bridgehead atoms. The Kier molecular flexibility index (Phi) is 3.74. The van der Waals surface area contributed by atoms with Crippen LogP contribution in [-0.4, -0.2) is 44.0 Å². The maximum atomic E-state index is 11.5. The smallest absolute Gasteiger partial charge is 0.359 e. The van der Waals surface area contributed by atoms with Crippen LogP contribution in [0.15, 0.2) is 11.2 Å². The van der Waals surface area contributed by atoms with Gasteiger partial charge < -0.3 is 14.9 Å². The van der Waals surface area contributed by atoms with Crippen molar-refractivity contribution in [2.24, 2.45) is 0 Å². The zero-order valence-corrected chi connectivity index (χ0v) is 11.7. The molecule has 1 unspecified atom stereocenters. The van der Waals surface area contributed by atoms with Crippen LogP contribution in [0.5, 0.6) is 0 Å². The van der Waals surface area contributed by atoms with Crippen molar-refractivity contribution in [3.8, 4) is 0 Å². The van der Waals surface area contributed by atoms with E-state index in [1.807, 2.05) is 0 Å². The van der Waals surface area contributed by atoms with Gasteiger partial charge in [0.05, 0.1) is 6.04 Å². The summed E-state index contributed by atoms with van der Waals surface area (Å²) in [7, 11) is -2.64. The van der Waals surface area contributed by atoms with E-state index in [1.165, 1.54) is 6.42 Å². The predicted molar refractivity (Wildman–Crippen MR) is 67.6 cm³/mol. The lowest BCUT2D eigenvalue weighted by molar-refractivity contribution is -0.0450. The van der Waals surface area contributed by atoms with E-state index < -0.39 is 13.6 Å². The van der Waals surface area contributed by atoms with E-state index in [-0.39, 0.29) is 17.2 Å². The normalized spacial score (nSPS) is 28.2. The van der Waals surface area contributed by atoms with Crippen molar-refractivity contribution in [2.75, 3.05) is 7.05 Å². The van der Waals surface area contributed by atoms with Crippen LogP contribution >= 0.6 is 7.60 Å². The van der Waals surface area contributed by atoms with Crippen molar-refractivity contribution in [1.29, 1.82) is 0 Å². The van der Waals surface area contributed by atoms with E-state index in [2.05, 4.69) is 0 Å². The molecule has 0 aromatic carbocycles. The monoisotopic (exact) mass is 276 g/mol. The molecule has 3 N–H and O–H groups in total. The van der Waals surface area contributed by atoms with Gasteiger partial charge in [-0.25, -0.2) is 5.01 Å². The summed E-state index contributed by atoms with van der Waals surface area (Å²) in [6.07, 6.45) is 5.30. The van der Waals surface area contributed by atoms with Crippen LogP contribution in [0.3, 0.4) is 0 Å². The largest absolute Gasteiger partial charge is 0.493 e. The second kappa shape index (κ2) is 4.85. The maximum absolute atomic E-state index is 11.5. The van der Waals surface area contributed by atoms with Gasteiger partial charge in [0.1, 0.15) is 5.31 Å². The van der Waals surface area contributed by atoms with Crippen LogP contribution in [0.25, 0.3) is 0 Å². The summed E-state index contributed by atoms with van der Waals surface area (Å²) in [5.74, 6) is -0.245. The van der Waals surface area contributed by atoms with Gasteiger partial charge >= 0.3 is 7.60 Å². The summed E-state index contributed by atoms with van der Waals surface area (Å²) in [4.78, 5) is 18.7. The molecule has 1 saturated carbocycles. The van der Waals surface area contributed by atoms with E-state index in [1.54, 1.807) is 24.0 Å². The molecule has 0 aromatic heterocycles. The molecular formula is C11H21N2O4P. The first-order valence-corrected chi connectivity index (χ1v) is 7.96. The van der Waals surface area contributed by atoms with Gasteiger partial charge in [-0.05, 0) is 19.8 Å². The van der Waals surface area contributed by atoms with Crippen molar-refractivity contribution in [2.45, 2.75) is 51.1 Å². The summed E-state index contributed by atoms with van der Waals surface area (Å²) in [5, 5.41) is 13.4. The lowest BCUT2D eigenvalue weighted by atomic mass is 9.95. The first kappa shape index (κ1) is 13.9. The molecular weight excluding hydrogens is 255 g/mol. The average molecular weight is 276 g/mol. The standard InChI is InChI=1S/C11H21N2O4P/c1-8-10(18(15,16)17)11(14)13(12(8)2)9-6-4-3-5-7-9/h8-9,14H,3-7H2,1-2H3,(H2,15,16,17). The number of nitrogens with zero attached hydrogens (tertiary/aromatic N) is 2. The van der Waals surface area contributed by atoms with Gasteiger partial charge in [0, 0.05) is 13.1 Å². The molecule has 2 aliphatic rings. The Bertz CT molecular complexity index is 400. The van der Waals surface area contributed by atoms with Gasteiger partial charge in [-0.1, -0.05) is 19.3 Å². The molecule has 0 aromatic rings. The zero-order valence-electron chi connectivity index (χ0n) is 10.8. The van der Waals surface area contributed by atoms with Gasteiger partial charge in [0.15, 0.2) is 0 Å². The number of rotatable bonds is 2. The Balaban J connectivity index is 2.31. The summed E-state index contributed by atoms with van der Waals surface area (Å²) in [6.45, 7) is 1.70. The molecule has 1 aliphatic carbocycles. The minimum Gasteiger partial charge on any atom is -0.493 e. The van der Waals surface area contributed by atoms with Crippen LogP contribution < -0.4 is 0 Å². The molecule has 2 rings (SSSR count). The topological polar surface area (TPSA) is 84.2 Å². The highest BCUT2D eigenvalue weighted by molar-refractivity contribution is 7.56. The first-order chi connectivity index (χ1) is 8.34. The molecule has 1 heterocycles. The Hall–Kier alpha value is -0.550. The summed E-state index contributed by atoms with van der Waals surface area (Å²) in [6, 6.07) is -0.317. The SMILES string of the molecule is CC1C(P(=O)(O)O)=C(O)N(C2CCCCC2)N1C. The lowest BCUT2D eigenvalue weighted by Gasteiger charge is -2.38. The van der Waals surface area contributed by atoms with E-state index in [9.17, 15) is 19.5 Å². The van der Waals surface area contributed by atoms with Gasteiger partial charge in [-0.2, -0.15) is 0 Å². The van der Waals surface area contributed by atoms with Gasteiger partial charge in [0.2, 0.25) is 5.88 Å². The molecule has 18 heavy (non-hydrogen) atoms. The molecule has 1 aliphatic heterocycles. The van der Waals surface area contributed by atoms with Gasteiger partial charge in [0.25, 0.3) is 0 Å². The van der Waals surface area contributed by atoms with Crippen LogP contribution in [0.2, 0.25) is 0 Å². The second-order valence-electron chi connectivity index (χ2n) is 5.14. The van der Waals surface area contributed by atoms with Crippen LogP contribution in [-0.2, 0) is 4.57 Å². The fourth-order valence-electron chi connectivity index (χ4n) is 2.95. The minimum absolute atomic E-state index is 0.148. The fourth-order valence-corrected chi connectivity index (χ4v) is 3.96. The minimum atomic E-state index is -4.41. The Morgan fingerprint density at radius 3 is 2.22 bits per heavy atom. The third kappa shape index (κ3) is 2.30. The van der Waals surface area contributed by atoms with Crippen molar-refractivity contribution in [3.05, 3.63) is 11.2 Å². The molecule has 0 radical (unpaired) electrons. The van der Waals surface area contributed by atoms with Crippen LogP contribution in [0.1, 0.15) is 39.0 Å². The summed E-state index contributed by atoms with van der Waals surface area (Å²) >= 11 is 0. The summed E-state index contributed by atoms with van der Waals surface area (Å²) < 4.78 is 11.5. The van der Waals surface area contributed by atoms with Gasteiger partial charge in [-0.15, -0.1) is 0 Å². The van der Waals surface area contributed by atoms with Crippen molar-refractivity contribution >= 4 is 7.60 Å². The average Bonchev–Trinajstić information content (AvgIpc) is 2.50. The number of hydrazine groups is 1. The molecule has 0 amide bonds. The first-order valence-electron chi connectivity index (χ1n) is 6.35. The predicted octanol–water partition coefficient (Wildman–Crippen LogP) is 1.77. The number of aliphatic hydroxyl groups is 1. The highest BCUT2D eigenvalue weighted by Crippen LogP contribution is 2.53. The lowest BCUT2D eigenvalue weighted by Crippen LogP contribution is -2.45. The van der Waals surface area contributed by atoms with Crippen LogP contribution in [0.4, 0.5) is 0 Å². The third-order valence-electron chi connectivity index (χ3n) is 3.98. The molecule has 104 valence electrons. The van der Waals surface area contributed by atoms with Crippen molar-refractivity contribution in [1.82, 2.24) is 10.0 Å².